The molecule has 26 heavy (non-hydrogen) atoms. The average Bonchev–Trinajstić information content (AvgIpc) is 3.09. The molecule has 0 aromatic carbocycles. The molecule has 5 nitrogen and oxygen atoms in total. The normalized spacial score (nSPS) is 26.6. The molecule has 1 N–H and O–H groups in total. The van der Waals surface area contributed by atoms with Gasteiger partial charge in [-0.15, -0.1) is 11.3 Å². The van der Waals surface area contributed by atoms with E-state index in [0.29, 0.717) is 21.7 Å². The lowest BCUT2D eigenvalue weighted by Gasteiger charge is -2.18. The van der Waals surface area contributed by atoms with Crippen molar-refractivity contribution in [1.29, 1.82) is 0 Å². The molecule has 142 valence electrons. The summed E-state index contributed by atoms with van der Waals surface area (Å²) in [6.07, 6.45) is 4.73. The molecule has 2 aliphatic heterocycles. The van der Waals surface area contributed by atoms with Gasteiger partial charge in [-0.2, -0.15) is 0 Å². The number of hydrogen-bond acceptors (Lipinski definition) is 4. The molecule has 7 heteroatoms. The van der Waals surface area contributed by atoms with E-state index in [1.807, 2.05) is 4.90 Å². The van der Waals surface area contributed by atoms with Gasteiger partial charge in [-0.25, -0.2) is 0 Å². The van der Waals surface area contributed by atoms with E-state index in [1.54, 1.807) is 12.1 Å². The third-order valence-electron chi connectivity index (χ3n) is 5.16. The van der Waals surface area contributed by atoms with Gasteiger partial charge in [-0.1, -0.05) is 31.9 Å². The number of carbonyl (C=O) groups is 2. The summed E-state index contributed by atoms with van der Waals surface area (Å²) in [7, 11) is 0. The number of hydrogen-bond donors (Lipinski definition) is 1. The number of thiophene rings is 1. The van der Waals surface area contributed by atoms with Gasteiger partial charge in [0.15, 0.2) is 0 Å². The second-order valence-electron chi connectivity index (χ2n) is 7.28. The largest absolute Gasteiger partial charge is 0.346 e. The number of amides is 2. The van der Waals surface area contributed by atoms with Crippen molar-refractivity contribution in [3.63, 3.8) is 0 Å². The van der Waals surface area contributed by atoms with Crippen LogP contribution in [-0.4, -0.2) is 41.7 Å². The highest BCUT2D eigenvalue weighted by Crippen LogP contribution is 2.28. The maximum Gasteiger partial charge on any atom is 0.261 e. The second kappa shape index (κ2) is 8.53. The summed E-state index contributed by atoms with van der Waals surface area (Å²) in [6, 6.07) is 3.26. The van der Waals surface area contributed by atoms with Crippen molar-refractivity contribution < 1.29 is 9.59 Å². The SMILES string of the molecule is CCC[C@H]1C(=O)N(C2=NCC(C)CCC2)C[C@@H]1NC(=O)c1ccc(Cl)s1. The Morgan fingerprint density at radius 3 is 2.96 bits per heavy atom. The number of carbonyl (C=O) groups excluding carboxylic acids is 2. The Kier molecular flexibility index (Phi) is 6.35. The van der Waals surface area contributed by atoms with Crippen LogP contribution in [0.5, 0.6) is 0 Å². The minimum absolute atomic E-state index is 0.106. The molecule has 3 atom stereocenters. The monoisotopic (exact) mass is 395 g/mol. The predicted octanol–water partition coefficient (Wildman–Crippen LogP) is 3.98. The fraction of sp³-hybridized carbons (Fsp3) is 0.632. The molecule has 2 amide bonds. The van der Waals surface area contributed by atoms with Gasteiger partial charge in [0.05, 0.1) is 21.2 Å². The van der Waals surface area contributed by atoms with Crippen LogP contribution in [0.4, 0.5) is 0 Å². The number of rotatable bonds is 4. The Hall–Kier alpha value is -1.40. The smallest absolute Gasteiger partial charge is 0.261 e. The summed E-state index contributed by atoms with van der Waals surface area (Å²) in [5, 5.41) is 3.06. The third-order valence-corrected chi connectivity index (χ3v) is 6.39. The topological polar surface area (TPSA) is 61.8 Å². The van der Waals surface area contributed by atoms with Gasteiger partial charge in [0.2, 0.25) is 5.91 Å². The zero-order valence-corrected chi connectivity index (χ0v) is 16.9. The van der Waals surface area contributed by atoms with Crippen LogP contribution < -0.4 is 5.32 Å². The molecule has 0 radical (unpaired) electrons. The van der Waals surface area contributed by atoms with Crippen LogP contribution in [0.25, 0.3) is 0 Å². The maximum absolute atomic E-state index is 13.0. The van der Waals surface area contributed by atoms with E-state index in [-0.39, 0.29) is 23.8 Å². The van der Waals surface area contributed by atoms with E-state index in [2.05, 4.69) is 19.2 Å². The Balaban J connectivity index is 1.74. The van der Waals surface area contributed by atoms with Crippen LogP contribution in [0.15, 0.2) is 17.1 Å². The van der Waals surface area contributed by atoms with Crippen molar-refractivity contribution in [2.45, 2.75) is 52.0 Å². The van der Waals surface area contributed by atoms with Crippen molar-refractivity contribution in [3.05, 3.63) is 21.3 Å². The van der Waals surface area contributed by atoms with E-state index >= 15 is 0 Å². The first kappa shape index (κ1) is 19.4. The molecule has 1 fully saturated rings. The first-order valence-corrected chi connectivity index (χ1v) is 10.6. The number of nitrogens with zero attached hydrogens (tertiary/aromatic N) is 2. The van der Waals surface area contributed by atoms with Crippen LogP contribution in [0.2, 0.25) is 4.34 Å². The van der Waals surface area contributed by atoms with Crippen molar-refractivity contribution in [2.24, 2.45) is 16.8 Å². The van der Waals surface area contributed by atoms with Gasteiger partial charge in [0.1, 0.15) is 5.84 Å². The Labute approximate surface area is 163 Å². The Bertz CT molecular complexity index is 703. The zero-order valence-electron chi connectivity index (χ0n) is 15.3. The molecule has 1 aromatic rings. The summed E-state index contributed by atoms with van der Waals surface area (Å²) in [6.45, 7) is 5.57. The van der Waals surface area contributed by atoms with Crippen LogP contribution in [0, 0.1) is 11.8 Å². The molecule has 3 heterocycles. The van der Waals surface area contributed by atoms with Crippen molar-refractivity contribution >= 4 is 40.6 Å². The highest BCUT2D eigenvalue weighted by Gasteiger charge is 2.42. The van der Waals surface area contributed by atoms with Crippen LogP contribution in [0.1, 0.15) is 55.6 Å². The lowest BCUT2D eigenvalue weighted by molar-refractivity contribution is -0.128. The molecular weight excluding hydrogens is 370 g/mol. The molecule has 0 aliphatic carbocycles. The molecule has 1 unspecified atom stereocenters. The van der Waals surface area contributed by atoms with Crippen LogP contribution in [0.3, 0.4) is 0 Å². The van der Waals surface area contributed by atoms with Crippen molar-refractivity contribution in [3.8, 4) is 0 Å². The molecule has 1 aromatic heterocycles. The number of amidine groups is 1. The van der Waals surface area contributed by atoms with Gasteiger partial charge in [-0.3, -0.25) is 19.5 Å². The van der Waals surface area contributed by atoms with Gasteiger partial charge in [-0.05, 0) is 37.3 Å². The van der Waals surface area contributed by atoms with Gasteiger partial charge < -0.3 is 5.32 Å². The number of aliphatic imine (C=N–C) groups is 1. The summed E-state index contributed by atoms with van der Waals surface area (Å²) in [5.74, 6) is 1.24. The average molecular weight is 396 g/mol. The zero-order chi connectivity index (χ0) is 18.7. The van der Waals surface area contributed by atoms with Gasteiger partial charge in [0.25, 0.3) is 5.91 Å². The minimum Gasteiger partial charge on any atom is -0.346 e. The van der Waals surface area contributed by atoms with Gasteiger partial charge in [0, 0.05) is 19.5 Å². The minimum atomic E-state index is -0.181. The first-order valence-electron chi connectivity index (χ1n) is 9.40. The molecule has 2 aliphatic rings. The van der Waals surface area contributed by atoms with Crippen LogP contribution in [-0.2, 0) is 4.79 Å². The van der Waals surface area contributed by atoms with E-state index in [4.69, 9.17) is 16.6 Å². The summed E-state index contributed by atoms with van der Waals surface area (Å²) >= 11 is 7.19. The third kappa shape index (κ3) is 4.29. The molecule has 3 rings (SSSR count). The first-order chi connectivity index (χ1) is 12.5. The quantitative estimate of drug-likeness (QED) is 0.838. The summed E-state index contributed by atoms with van der Waals surface area (Å²) < 4.78 is 0.589. The Morgan fingerprint density at radius 2 is 2.27 bits per heavy atom. The number of likely N-dealkylation sites (tertiary alicyclic amines) is 1. The Morgan fingerprint density at radius 1 is 1.46 bits per heavy atom. The van der Waals surface area contributed by atoms with E-state index < -0.39 is 0 Å². The van der Waals surface area contributed by atoms with E-state index in [1.165, 1.54) is 11.3 Å². The van der Waals surface area contributed by atoms with Gasteiger partial charge >= 0.3 is 0 Å². The molecule has 0 bridgehead atoms. The standard InChI is InChI=1S/C19H26ClN3O2S/c1-3-5-13-14(22-18(24)15-8-9-16(20)26-15)11-23(19(13)25)17-7-4-6-12(2)10-21-17/h8-9,12-14H,3-7,10-11H2,1-2H3,(H,22,24)/t12?,13-,14+/m1/s1. The van der Waals surface area contributed by atoms with Crippen molar-refractivity contribution in [2.75, 3.05) is 13.1 Å². The molecule has 0 saturated carbocycles. The van der Waals surface area contributed by atoms with E-state index in [0.717, 1.165) is 44.5 Å². The van der Waals surface area contributed by atoms with Crippen molar-refractivity contribution in [1.82, 2.24) is 10.2 Å². The fourth-order valence-electron chi connectivity index (χ4n) is 3.74. The highest BCUT2D eigenvalue weighted by molar-refractivity contribution is 7.18. The second-order valence-corrected chi connectivity index (χ2v) is 9.00. The number of halogens is 1. The lowest BCUT2D eigenvalue weighted by Crippen LogP contribution is -2.40. The van der Waals surface area contributed by atoms with E-state index in [9.17, 15) is 9.59 Å². The lowest BCUT2D eigenvalue weighted by atomic mass is 9.97. The maximum atomic E-state index is 13.0. The summed E-state index contributed by atoms with van der Waals surface area (Å²) in [5.41, 5.74) is 0. The fourth-order valence-corrected chi connectivity index (χ4v) is 4.68. The molecule has 1 saturated heterocycles. The highest BCUT2D eigenvalue weighted by atomic mass is 35.5. The van der Waals surface area contributed by atoms with Crippen LogP contribution >= 0.6 is 22.9 Å². The number of nitrogens with one attached hydrogen (secondary N) is 1. The molecular formula is C19H26ClN3O2S. The predicted molar refractivity (Wildman–Crippen MR) is 106 cm³/mol. The summed E-state index contributed by atoms with van der Waals surface area (Å²) in [4.78, 5) is 32.6. The molecule has 0 spiro atoms.